The number of ether oxygens (including phenoxy) is 1. The fourth-order valence-electron chi connectivity index (χ4n) is 3.63. The minimum atomic E-state index is -0.744. The molecule has 0 bridgehead atoms. The van der Waals surface area contributed by atoms with E-state index >= 15 is 0 Å². The molecule has 0 fully saturated rings. The van der Waals surface area contributed by atoms with Gasteiger partial charge in [0.1, 0.15) is 5.75 Å². The van der Waals surface area contributed by atoms with Gasteiger partial charge in [-0.05, 0) is 42.3 Å². The summed E-state index contributed by atoms with van der Waals surface area (Å²) in [6.45, 7) is 2.67. The summed E-state index contributed by atoms with van der Waals surface area (Å²) in [4.78, 5) is 27.6. The normalized spacial score (nSPS) is 16.2. The zero-order valence-corrected chi connectivity index (χ0v) is 16.4. The zero-order chi connectivity index (χ0) is 21.1. The van der Waals surface area contributed by atoms with E-state index < -0.39 is 23.5 Å². The Balaban J connectivity index is 1.76. The van der Waals surface area contributed by atoms with Gasteiger partial charge in [-0.3, -0.25) is 9.59 Å². The summed E-state index contributed by atoms with van der Waals surface area (Å²) < 4.78 is 10.7. The lowest BCUT2D eigenvalue weighted by Crippen LogP contribution is -2.30. The number of aliphatic hydroxyl groups excluding tert-OH is 1. The highest BCUT2D eigenvalue weighted by molar-refractivity contribution is 6.14. The lowest BCUT2D eigenvalue weighted by atomic mass is 9.95. The number of furan rings is 1. The van der Waals surface area contributed by atoms with Crippen molar-refractivity contribution in [1.82, 2.24) is 4.90 Å². The van der Waals surface area contributed by atoms with E-state index in [2.05, 4.69) is 0 Å². The van der Waals surface area contributed by atoms with E-state index in [9.17, 15) is 14.7 Å². The van der Waals surface area contributed by atoms with E-state index in [0.29, 0.717) is 17.9 Å². The molecule has 1 amide bonds. The average Bonchev–Trinajstić information content (AvgIpc) is 3.38. The smallest absolute Gasteiger partial charge is 0.290 e. The molecule has 6 heteroatoms. The SMILES string of the molecule is CCOc1ccc(C2C(C(=O)c3ccco3)=C(O)C(=O)N2Cc2ccccc2)cc1. The minimum absolute atomic E-state index is 0.00930. The predicted molar refractivity (Wildman–Crippen MR) is 110 cm³/mol. The number of hydrogen-bond acceptors (Lipinski definition) is 5. The number of aliphatic hydroxyl groups is 1. The quantitative estimate of drug-likeness (QED) is 0.589. The standard InChI is InChI=1S/C24H21NO5/c1-2-29-18-12-10-17(11-13-18)21-20(22(26)19-9-6-14-30-19)23(27)24(28)25(21)15-16-7-4-3-5-8-16/h3-14,21,27H,2,15H2,1H3. The molecule has 30 heavy (non-hydrogen) atoms. The molecule has 2 aromatic carbocycles. The number of rotatable bonds is 7. The third-order valence-electron chi connectivity index (χ3n) is 5.00. The molecule has 0 aliphatic carbocycles. The van der Waals surface area contributed by atoms with E-state index in [0.717, 1.165) is 5.56 Å². The van der Waals surface area contributed by atoms with Crippen LogP contribution in [0.3, 0.4) is 0 Å². The van der Waals surface area contributed by atoms with Crippen LogP contribution >= 0.6 is 0 Å². The maximum absolute atomic E-state index is 13.1. The molecule has 1 aliphatic heterocycles. The monoisotopic (exact) mass is 403 g/mol. The molecule has 4 rings (SSSR count). The molecule has 3 aromatic rings. The zero-order valence-electron chi connectivity index (χ0n) is 16.4. The van der Waals surface area contributed by atoms with E-state index in [1.807, 2.05) is 37.3 Å². The van der Waals surface area contributed by atoms with E-state index in [1.54, 1.807) is 30.3 Å². The van der Waals surface area contributed by atoms with Crippen molar-refractivity contribution in [3.8, 4) is 5.75 Å². The highest BCUT2D eigenvalue weighted by Gasteiger charge is 2.44. The summed E-state index contributed by atoms with van der Waals surface area (Å²) >= 11 is 0. The van der Waals surface area contributed by atoms with Crippen molar-refractivity contribution in [3.63, 3.8) is 0 Å². The van der Waals surface area contributed by atoms with Crippen LogP contribution in [0.1, 0.15) is 34.6 Å². The summed E-state index contributed by atoms with van der Waals surface area (Å²) in [5.41, 5.74) is 1.60. The van der Waals surface area contributed by atoms with E-state index in [1.165, 1.54) is 17.2 Å². The van der Waals surface area contributed by atoms with Gasteiger partial charge in [-0.15, -0.1) is 0 Å². The molecule has 1 aliphatic rings. The Bertz CT molecular complexity index is 1070. The van der Waals surface area contributed by atoms with Gasteiger partial charge in [-0.25, -0.2) is 0 Å². The van der Waals surface area contributed by atoms with Gasteiger partial charge in [0.15, 0.2) is 11.5 Å². The molecule has 152 valence electrons. The number of nitrogens with zero attached hydrogens (tertiary/aromatic N) is 1. The van der Waals surface area contributed by atoms with Crippen molar-refractivity contribution in [1.29, 1.82) is 0 Å². The van der Waals surface area contributed by atoms with Crippen LogP contribution < -0.4 is 4.74 Å². The van der Waals surface area contributed by atoms with Gasteiger partial charge in [-0.1, -0.05) is 42.5 Å². The van der Waals surface area contributed by atoms with Gasteiger partial charge in [0.25, 0.3) is 5.91 Å². The molecule has 0 saturated heterocycles. The Hall–Kier alpha value is -3.80. The second-order valence-electron chi connectivity index (χ2n) is 6.89. The molecule has 0 radical (unpaired) electrons. The molecule has 2 heterocycles. The molecule has 1 N–H and O–H groups in total. The maximum atomic E-state index is 13.1. The van der Waals surface area contributed by atoms with Crippen molar-refractivity contribution >= 4 is 11.7 Å². The Labute approximate surface area is 174 Å². The molecular formula is C24H21NO5. The van der Waals surface area contributed by atoms with E-state index in [-0.39, 0.29) is 17.9 Å². The van der Waals surface area contributed by atoms with Crippen LogP contribution in [-0.2, 0) is 11.3 Å². The van der Waals surface area contributed by atoms with Crippen molar-refractivity contribution in [2.75, 3.05) is 6.61 Å². The van der Waals surface area contributed by atoms with Crippen molar-refractivity contribution in [3.05, 3.63) is 101 Å². The Kier molecular flexibility index (Phi) is 5.39. The van der Waals surface area contributed by atoms with Gasteiger partial charge in [-0.2, -0.15) is 0 Å². The number of hydrogen-bond donors (Lipinski definition) is 1. The number of amides is 1. The third-order valence-corrected chi connectivity index (χ3v) is 5.00. The van der Waals surface area contributed by atoms with Crippen LogP contribution in [0.2, 0.25) is 0 Å². The summed E-state index contributed by atoms with van der Waals surface area (Å²) in [5.74, 6) is -0.895. The second kappa shape index (κ2) is 8.29. The average molecular weight is 403 g/mol. The summed E-state index contributed by atoms with van der Waals surface area (Å²) in [7, 11) is 0. The minimum Gasteiger partial charge on any atom is -0.503 e. The maximum Gasteiger partial charge on any atom is 0.290 e. The summed E-state index contributed by atoms with van der Waals surface area (Å²) in [5, 5.41) is 10.6. The van der Waals surface area contributed by atoms with E-state index in [4.69, 9.17) is 9.15 Å². The first-order chi connectivity index (χ1) is 14.6. The molecular weight excluding hydrogens is 382 g/mol. The van der Waals surface area contributed by atoms with Crippen LogP contribution in [0, 0.1) is 0 Å². The van der Waals surface area contributed by atoms with Crippen LogP contribution in [-0.4, -0.2) is 28.3 Å². The first kappa shape index (κ1) is 19.5. The molecule has 1 unspecified atom stereocenters. The lowest BCUT2D eigenvalue weighted by Gasteiger charge is -2.27. The first-order valence-corrected chi connectivity index (χ1v) is 9.69. The molecule has 0 spiro atoms. The number of Topliss-reactive ketones (excluding diaryl/α,β-unsaturated/α-hetero) is 1. The Morgan fingerprint density at radius 1 is 1.07 bits per heavy atom. The number of carbonyl (C=O) groups is 2. The summed E-state index contributed by atoms with van der Waals surface area (Å²) in [6.07, 6.45) is 1.38. The molecule has 1 aromatic heterocycles. The largest absolute Gasteiger partial charge is 0.503 e. The number of benzene rings is 2. The van der Waals surface area contributed by atoms with Gasteiger partial charge in [0.05, 0.1) is 24.5 Å². The van der Waals surface area contributed by atoms with Crippen molar-refractivity contribution < 1.29 is 23.8 Å². The Morgan fingerprint density at radius 3 is 2.43 bits per heavy atom. The fourth-order valence-corrected chi connectivity index (χ4v) is 3.63. The van der Waals surface area contributed by atoms with Gasteiger partial charge >= 0.3 is 0 Å². The highest BCUT2D eigenvalue weighted by atomic mass is 16.5. The molecule has 1 atom stereocenters. The number of carbonyl (C=O) groups excluding carboxylic acids is 2. The van der Waals surface area contributed by atoms with Crippen LogP contribution in [0.15, 0.2) is 88.7 Å². The van der Waals surface area contributed by atoms with Gasteiger partial charge < -0.3 is 19.2 Å². The molecule has 6 nitrogen and oxygen atoms in total. The van der Waals surface area contributed by atoms with Gasteiger partial charge in [0, 0.05) is 6.54 Å². The fraction of sp³-hybridized carbons (Fsp3) is 0.167. The van der Waals surface area contributed by atoms with Crippen molar-refractivity contribution in [2.24, 2.45) is 0 Å². The summed E-state index contributed by atoms with van der Waals surface area (Å²) in [6, 6.07) is 19.0. The Morgan fingerprint density at radius 2 is 1.80 bits per heavy atom. The highest BCUT2D eigenvalue weighted by Crippen LogP contribution is 2.40. The number of ketones is 1. The van der Waals surface area contributed by atoms with Crippen LogP contribution in [0.25, 0.3) is 0 Å². The topological polar surface area (TPSA) is 80.0 Å². The van der Waals surface area contributed by atoms with Crippen molar-refractivity contribution in [2.45, 2.75) is 19.5 Å². The predicted octanol–water partition coefficient (Wildman–Crippen LogP) is 4.46. The van der Waals surface area contributed by atoms with Crippen LogP contribution in [0.5, 0.6) is 5.75 Å². The van der Waals surface area contributed by atoms with Crippen LogP contribution in [0.4, 0.5) is 0 Å². The first-order valence-electron chi connectivity index (χ1n) is 9.69. The van der Waals surface area contributed by atoms with Gasteiger partial charge in [0.2, 0.25) is 5.78 Å². The third kappa shape index (κ3) is 3.59. The second-order valence-corrected chi connectivity index (χ2v) is 6.89. The lowest BCUT2D eigenvalue weighted by molar-refractivity contribution is -0.130. The molecule has 0 saturated carbocycles.